The van der Waals surface area contributed by atoms with Gasteiger partial charge in [-0.15, -0.1) is 11.3 Å². The minimum Gasteiger partial charge on any atom is -0.495 e. The standard InChI is InChI=1S/C24H23ClN2O4S/c1-30-12-11-27-22(20-8-5-13-32-20)21(16-6-3-4-7-17(16)24(27)29)23(28)26-15-9-10-19(31-2)18(25)14-15/h3-10,13-14,21-22H,11-12H2,1-2H3,(H,26,28)/t21-,22-/m0/s1. The Labute approximate surface area is 195 Å². The molecule has 0 unspecified atom stereocenters. The molecule has 1 aliphatic rings. The zero-order valence-corrected chi connectivity index (χ0v) is 19.3. The van der Waals surface area contributed by atoms with Crippen molar-refractivity contribution >= 4 is 40.4 Å². The van der Waals surface area contributed by atoms with Crippen LogP contribution in [0.25, 0.3) is 0 Å². The first-order valence-electron chi connectivity index (χ1n) is 10.1. The number of nitrogens with zero attached hydrogens (tertiary/aromatic N) is 1. The summed E-state index contributed by atoms with van der Waals surface area (Å²) in [6, 6.07) is 15.8. The summed E-state index contributed by atoms with van der Waals surface area (Å²) in [5, 5.41) is 5.34. The molecular formula is C24H23ClN2O4S. The Hall–Kier alpha value is -2.87. The van der Waals surface area contributed by atoms with Crippen LogP contribution in [0, 0.1) is 0 Å². The maximum atomic E-state index is 13.7. The van der Waals surface area contributed by atoms with E-state index in [0.717, 1.165) is 4.88 Å². The summed E-state index contributed by atoms with van der Waals surface area (Å²) in [6.45, 7) is 0.753. The maximum absolute atomic E-state index is 13.7. The molecule has 0 aliphatic carbocycles. The van der Waals surface area contributed by atoms with Crippen molar-refractivity contribution in [3.05, 3.63) is 81.0 Å². The molecule has 3 aromatic rings. The number of carbonyl (C=O) groups excluding carboxylic acids is 2. The molecule has 6 nitrogen and oxygen atoms in total. The molecule has 1 aliphatic heterocycles. The van der Waals surface area contributed by atoms with Gasteiger partial charge in [-0.3, -0.25) is 9.59 Å². The van der Waals surface area contributed by atoms with Crippen LogP contribution in [0.4, 0.5) is 5.69 Å². The summed E-state index contributed by atoms with van der Waals surface area (Å²) < 4.78 is 10.5. The van der Waals surface area contributed by atoms with Gasteiger partial charge in [-0.2, -0.15) is 0 Å². The smallest absolute Gasteiger partial charge is 0.254 e. The van der Waals surface area contributed by atoms with Crippen LogP contribution in [0.2, 0.25) is 5.02 Å². The van der Waals surface area contributed by atoms with E-state index in [1.54, 1.807) is 36.3 Å². The number of anilines is 1. The number of thiophene rings is 1. The highest BCUT2D eigenvalue weighted by Crippen LogP contribution is 2.44. The van der Waals surface area contributed by atoms with E-state index in [1.807, 2.05) is 35.7 Å². The van der Waals surface area contributed by atoms with E-state index in [2.05, 4.69) is 5.32 Å². The molecule has 0 fully saturated rings. The third kappa shape index (κ3) is 4.24. The Balaban J connectivity index is 1.77. The minimum absolute atomic E-state index is 0.104. The van der Waals surface area contributed by atoms with Crippen LogP contribution in [0.1, 0.15) is 32.8 Å². The second kappa shape index (κ2) is 9.73. The number of hydrogen-bond donors (Lipinski definition) is 1. The van der Waals surface area contributed by atoms with Crippen LogP contribution in [0.15, 0.2) is 60.0 Å². The number of ether oxygens (including phenoxy) is 2. The number of carbonyl (C=O) groups is 2. The molecule has 0 spiro atoms. The first-order chi connectivity index (χ1) is 15.5. The van der Waals surface area contributed by atoms with E-state index in [4.69, 9.17) is 21.1 Å². The van der Waals surface area contributed by atoms with Gasteiger partial charge in [-0.05, 0) is 41.3 Å². The predicted octanol–water partition coefficient (Wildman–Crippen LogP) is 4.98. The lowest BCUT2D eigenvalue weighted by atomic mass is 9.81. The minimum atomic E-state index is -0.597. The lowest BCUT2D eigenvalue weighted by molar-refractivity contribution is -0.119. The van der Waals surface area contributed by atoms with Crippen molar-refractivity contribution in [3.8, 4) is 5.75 Å². The van der Waals surface area contributed by atoms with E-state index in [9.17, 15) is 9.59 Å². The summed E-state index contributed by atoms with van der Waals surface area (Å²) in [7, 11) is 3.13. The molecule has 0 radical (unpaired) electrons. The zero-order chi connectivity index (χ0) is 22.7. The van der Waals surface area contributed by atoms with E-state index in [0.29, 0.717) is 40.7 Å². The van der Waals surface area contributed by atoms with Crippen LogP contribution < -0.4 is 10.1 Å². The molecule has 2 atom stereocenters. The third-order valence-electron chi connectivity index (χ3n) is 5.51. The van der Waals surface area contributed by atoms with Crippen LogP contribution in [-0.2, 0) is 9.53 Å². The molecule has 0 saturated heterocycles. The summed E-state index contributed by atoms with van der Waals surface area (Å²) >= 11 is 7.77. The monoisotopic (exact) mass is 470 g/mol. The largest absolute Gasteiger partial charge is 0.495 e. The van der Waals surface area contributed by atoms with Gasteiger partial charge in [0.15, 0.2) is 0 Å². The van der Waals surface area contributed by atoms with Crippen molar-refractivity contribution in [2.24, 2.45) is 0 Å². The van der Waals surface area contributed by atoms with Gasteiger partial charge in [-0.1, -0.05) is 35.9 Å². The van der Waals surface area contributed by atoms with Crippen molar-refractivity contribution in [2.75, 3.05) is 32.7 Å². The van der Waals surface area contributed by atoms with E-state index in [-0.39, 0.29) is 11.8 Å². The highest BCUT2D eigenvalue weighted by atomic mass is 35.5. The SMILES string of the molecule is COCCN1C(=O)c2ccccc2[C@H](C(=O)Nc2ccc(OC)c(Cl)c2)[C@@H]1c1cccs1. The van der Waals surface area contributed by atoms with Crippen LogP contribution in [-0.4, -0.2) is 44.1 Å². The molecule has 0 saturated carbocycles. The van der Waals surface area contributed by atoms with E-state index >= 15 is 0 Å². The van der Waals surface area contributed by atoms with Gasteiger partial charge >= 0.3 is 0 Å². The highest BCUT2D eigenvalue weighted by Gasteiger charge is 2.44. The maximum Gasteiger partial charge on any atom is 0.254 e. The van der Waals surface area contributed by atoms with Gasteiger partial charge < -0.3 is 19.7 Å². The Bertz CT molecular complexity index is 1120. The van der Waals surface area contributed by atoms with Gasteiger partial charge in [0, 0.05) is 29.8 Å². The third-order valence-corrected chi connectivity index (χ3v) is 6.75. The van der Waals surface area contributed by atoms with Crippen molar-refractivity contribution in [1.82, 2.24) is 4.90 Å². The second-order valence-corrected chi connectivity index (χ2v) is 8.74. The number of fused-ring (bicyclic) bond motifs is 1. The number of rotatable bonds is 7. The van der Waals surface area contributed by atoms with Crippen molar-refractivity contribution in [3.63, 3.8) is 0 Å². The van der Waals surface area contributed by atoms with Crippen LogP contribution in [0.5, 0.6) is 5.75 Å². The molecule has 8 heteroatoms. The molecule has 1 N–H and O–H groups in total. The molecule has 2 heterocycles. The van der Waals surface area contributed by atoms with Crippen molar-refractivity contribution < 1.29 is 19.1 Å². The Morgan fingerprint density at radius 1 is 1.16 bits per heavy atom. The Morgan fingerprint density at radius 3 is 2.66 bits per heavy atom. The van der Waals surface area contributed by atoms with Gasteiger partial charge in [0.1, 0.15) is 5.75 Å². The molecule has 0 bridgehead atoms. The number of nitrogens with one attached hydrogen (secondary N) is 1. The topological polar surface area (TPSA) is 67.9 Å². The molecule has 4 rings (SSSR count). The van der Waals surface area contributed by atoms with Crippen molar-refractivity contribution in [1.29, 1.82) is 0 Å². The van der Waals surface area contributed by atoms with Crippen LogP contribution >= 0.6 is 22.9 Å². The van der Waals surface area contributed by atoms with Crippen molar-refractivity contribution in [2.45, 2.75) is 12.0 Å². The molecule has 1 aromatic heterocycles. The van der Waals surface area contributed by atoms with Gasteiger partial charge in [0.05, 0.1) is 30.7 Å². The fourth-order valence-electron chi connectivity index (χ4n) is 4.05. The number of amides is 2. The lowest BCUT2D eigenvalue weighted by Crippen LogP contribution is -2.47. The van der Waals surface area contributed by atoms with Gasteiger partial charge in [0.2, 0.25) is 5.91 Å². The summed E-state index contributed by atoms with van der Waals surface area (Å²) in [5.41, 5.74) is 1.80. The summed E-state index contributed by atoms with van der Waals surface area (Å²) in [5.74, 6) is -0.389. The average molecular weight is 471 g/mol. The summed E-state index contributed by atoms with van der Waals surface area (Å²) in [6.07, 6.45) is 0. The fourth-order valence-corrected chi connectivity index (χ4v) is 5.18. The molecule has 2 amide bonds. The number of hydrogen-bond acceptors (Lipinski definition) is 5. The summed E-state index contributed by atoms with van der Waals surface area (Å²) in [4.78, 5) is 29.7. The van der Waals surface area contributed by atoms with E-state index < -0.39 is 12.0 Å². The molecule has 166 valence electrons. The lowest BCUT2D eigenvalue weighted by Gasteiger charge is -2.41. The molecule has 32 heavy (non-hydrogen) atoms. The second-order valence-electron chi connectivity index (χ2n) is 7.36. The normalized spacial score (nSPS) is 17.7. The highest BCUT2D eigenvalue weighted by molar-refractivity contribution is 7.10. The number of halogens is 1. The first kappa shape index (κ1) is 22.3. The molecular weight excluding hydrogens is 448 g/mol. The Morgan fingerprint density at radius 2 is 1.97 bits per heavy atom. The van der Waals surface area contributed by atoms with E-state index in [1.165, 1.54) is 18.4 Å². The van der Waals surface area contributed by atoms with Crippen LogP contribution in [0.3, 0.4) is 0 Å². The number of benzene rings is 2. The number of methoxy groups -OCH3 is 2. The predicted molar refractivity (Wildman–Crippen MR) is 126 cm³/mol. The van der Waals surface area contributed by atoms with Gasteiger partial charge in [0.25, 0.3) is 5.91 Å². The fraction of sp³-hybridized carbons (Fsp3) is 0.250. The molecule has 2 aromatic carbocycles. The average Bonchev–Trinajstić information content (AvgIpc) is 3.33. The first-order valence-corrected chi connectivity index (χ1v) is 11.4. The quantitative estimate of drug-likeness (QED) is 0.529. The van der Waals surface area contributed by atoms with Gasteiger partial charge in [-0.25, -0.2) is 0 Å². The Kier molecular flexibility index (Phi) is 6.79. The zero-order valence-electron chi connectivity index (χ0n) is 17.7.